The number of nitrogens with zero attached hydrogens (tertiary/aromatic N) is 1. The van der Waals surface area contributed by atoms with Gasteiger partial charge in [-0.3, -0.25) is 4.72 Å². The number of aromatic nitrogens is 1. The van der Waals surface area contributed by atoms with Crippen molar-refractivity contribution in [1.82, 2.24) is 5.16 Å². The van der Waals surface area contributed by atoms with Crippen molar-refractivity contribution >= 4 is 43.0 Å². The van der Waals surface area contributed by atoms with Crippen LogP contribution in [0, 0.1) is 27.7 Å². The third kappa shape index (κ3) is 3.51. The van der Waals surface area contributed by atoms with E-state index in [9.17, 15) is 8.42 Å². The van der Waals surface area contributed by atoms with Crippen LogP contribution in [0.25, 0.3) is 11.3 Å². The second-order valence-corrected chi connectivity index (χ2v) is 9.74. The summed E-state index contributed by atoms with van der Waals surface area (Å²) in [7, 11) is -3.79. The predicted octanol–water partition coefficient (Wildman–Crippen LogP) is 5.20. The summed E-state index contributed by atoms with van der Waals surface area (Å²) in [6, 6.07) is 7.21. The summed E-state index contributed by atoms with van der Waals surface area (Å²) in [6.07, 6.45) is 0. The maximum Gasteiger partial charge on any atom is 0.263 e. The molecular weight excluding hydrogens is 424 g/mol. The molecule has 132 valence electrons. The van der Waals surface area contributed by atoms with Gasteiger partial charge in [0.25, 0.3) is 10.0 Å². The standard InChI is InChI=1S/C17H17BrN2O3S2/c1-9-5-6-14(13(18)7-9)20-25(21,22)17-12(4)24-11(3)16(17)15-8-10(2)19-23-15/h5-8,20H,1-4H3. The van der Waals surface area contributed by atoms with Crippen LogP contribution in [0.3, 0.4) is 0 Å². The molecule has 1 N–H and O–H groups in total. The first-order valence-electron chi connectivity index (χ1n) is 7.51. The third-order valence-corrected chi connectivity index (χ3v) is 7.06. The predicted molar refractivity (Wildman–Crippen MR) is 104 cm³/mol. The first-order chi connectivity index (χ1) is 11.7. The molecule has 0 saturated carbocycles. The molecule has 0 aliphatic rings. The number of nitrogens with one attached hydrogen (secondary N) is 1. The van der Waals surface area contributed by atoms with Gasteiger partial charge in [0.15, 0.2) is 5.76 Å². The maximum atomic E-state index is 13.1. The maximum absolute atomic E-state index is 13.1. The van der Waals surface area contributed by atoms with Crippen LogP contribution >= 0.6 is 27.3 Å². The zero-order valence-electron chi connectivity index (χ0n) is 14.2. The molecule has 0 saturated heterocycles. The molecule has 0 aliphatic carbocycles. The Bertz CT molecular complexity index is 1050. The van der Waals surface area contributed by atoms with E-state index >= 15 is 0 Å². The smallest absolute Gasteiger partial charge is 0.263 e. The molecule has 0 radical (unpaired) electrons. The summed E-state index contributed by atoms with van der Waals surface area (Å²) in [5.41, 5.74) is 2.80. The van der Waals surface area contributed by atoms with Gasteiger partial charge < -0.3 is 4.52 Å². The number of hydrogen-bond donors (Lipinski definition) is 1. The normalized spacial score (nSPS) is 11.7. The molecule has 0 bridgehead atoms. The van der Waals surface area contributed by atoms with Crippen LogP contribution in [0.1, 0.15) is 21.0 Å². The lowest BCUT2D eigenvalue weighted by Gasteiger charge is -2.11. The van der Waals surface area contributed by atoms with E-state index in [1.54, 1.807) is 26.0 Å². The second kappa shape index (κ2) is 6.59. The van der Waals surface area contributed by atoms with Gasteiger partial charge in [0.2, 0.25) is 0 Å². The average molecular weight is 441 g/mol. The van der Waals surface area contributed by atoms with E-state index in [0.717, 1.165) is 10.4 Å². The van der Waals surface area contributed by atoms with Gasteiger partial charge in [-0.2, -0.15) is 0 Å². The molecule has 0 amide bonds. The molecule has 2 aromatic heterocycles. The molecule has 8 heteroatoms. The van der Waals surface area contributed by atoms with Crippen molar-refractivity contribution in [3.63, 3.8) is 0 Å². The molecule has 25 heavy (non-hydrogen) atoms. The first-order valence-corrected chi connectivity index (χ1v) is 10.6. The summed E-state index contributed by atoms with van der Waals surface area (Å²) in [5, 5.41) is 3.88. The van der Waals surface area contributed by atoms with Gasteiger partial charge in [0, 0.05) is 20.3 Å². The van der Waals surface area contributed by atoms with Crippen molar-refractivity contribution in [3.05, 3.63) is 49.7 Å². The van der Waals surface area contributed by atoms with Crippen molar-refractivity contribution in [2.24, 2.45) is 0 Å². The number of benzene rings is 1. The van der Waals surface area contributed by atoms with E-state index in [1.807, 2.05) is 26.0 Å². The fourth-order valence-electron chi connectivity index (χ4n) is 2.65. The Morgan fingerprint density at radius 1 is 1.12 bits per heavy atom. The van der Waals surface area contributed by atoms with Crippen molar-refractivity contribution < 1.29 is 12.9 Å². The lowest BCUT2D eigenvalue weighted by atomic mass is 10.2. The fraction of sp³-hybridized carbons (Fsp3) is 0.235. The third-order valence-electron chi connectivity index (χ3n) is 3.72. The fourth-order valence-corrected chi connectivity index (χ4v) is 6.32. The number of aryl methyl sites for hydroxylation is 4. The number of hydrogen-bond acceptors (Lipinski definition) is 5. The molecule has 3 aromatic rings. The molecule has 1 aromatic carbocycles. The van der Waals surface area contributed by atoms with Crippen LogP contribution in [0.4, 0.5) is 5.69 Å². The number of rotatable bonds is 4. The Balaban J connectivity index is 2.12. The number of anilines is 1. The highest BCUT2D eigenvalue weighted by molar-refractivity contribution is 9.10. The molecular formula is C17H17BrN2O3S2. The van der Waals surface area contributed by atoms with E-state index in [1.165, 1.54) is 11.3 Å². The van der Waals surface area contributed by atoms with Crippen molar-refractivity contribution in [3.8, 4) is 11.3 Å². The SMILES string of the molecule is Cc1ccc(NS(=O)(=O)c2c(C)sc(C)c2-c2cc(C)no2)c(Br)c1. The molecule has 0 atom stereocenters. The zero-order chi connectivity index (χ0) is 18.4. The molecule has 0 fully saturated rings. The minimum absolute atomic E-state index is 0.235. The van der Waals surface area contributed by atoms with Gasteiger partial charge in [-0.25, -0.2) is 8.42 Å². The lowest BCUT2D eigenvalue weighted by molar-refractivity contribution is 0.426. The Hall–Kier alpha value is -1.64. The van der Waals surface area contributed by atoms with Gasteiger partial charge >= 0.3 is 0 Å². The molecule has 3 rings (SSSR count). The molecule has 2 heterocycles. The quantitative estimate of drug-likeness (QED) is 0.604. The van der Waals surface area contributed by atoms with Gasteiger partial charge in [0.05, 0.1) is 16.9 Å². The summed E-state index contributed by atoms with van der Waals surface area (Å²) >= 11 is 4.84. The Morgan fingerprint density at radius 3 is 2.44 bits per heavy atom. The highest BCUT2D eigenvalue weighted by atomic mass is 79.9. The van der Waals surface area contributed by atoms with E-state index in [4.69, 9.17) is 4.52 Å². The van der Waals surface area contributed by atoms with E-state index in [0.29, 0.717) is 32.1 Å². The van der Waals surface area contributed by atoms with Gasteiger partial charge in [-0.05, 0) is 61.3 Å². The van der Waals surface area contributed by atoms with Crippen LogP contribution in [-0.4, -0.2) is 13.6 Å². The summed E-state index contributed by atoms with van der Waals surface area (Å²) in [6.45, 7) is 7.42. The zero-order valence-corrected chi connectivity index (χ0v) is 17.4. The minimum Gasteiger partial charge on any atom is -0.356 e. The van der Waals surface area contributed by atoms with Crippen LogP contribution in [-0.2, 0) is 10.0 Å². The first kappa shape index (κ1) is 18.2. The topological polar surface area (TPSA) is 72.2 Å². The monoisotopic (exact) mass is 440 g/mol. The van der Waals surface area contributed by atoms with E-state index in [2.05, 4.69) is 25.8 Å². The van der Waals surface area contributed by atoms with Gasteiger partial charge in [-0.1, -0.05) is 11.2 Å². The van der Waals surface area contributed by atoms with Crippen molar-refractivity contribution in [2.75, 3.05) is 4.72 Å². The molecule has 0 aliphatic heterocycles. The molecule has 0 spiro atoms. The summed E-state index contributed by atoms with van der Waals surface area (Å²) in [4.78, 5) is 1.81. The minimum atomic E-state index is -3.79. The molecule has 5 nitrogen and oxygen atoms in total. The van der Waals surface area contributed by atoms with Crippen LogP contribution in [0.2, 0.25) is 0 Å². The second-order valence-electron chi connectivity index (χ2n) is 5.84. The number of halogens is 1. The average Bonchev–Trinajstić information content (AvgIpc) is 3.05. The Labute approximate surface area is 159 Å². The Morgan fingerprint density at radius 2 is 1.84 bits per heavy atom. The van der Waals surface area contributed by atoms with E-state index < -0.39 is 10.0 Å². The highest BCUT2D eigenvalue weighted by Crippen LogP contribution is 2.40. The lowest BCUT2D eigenvalue weighted by Crippen LogP contribution is -2.14. The van der Waals surface area contributed by atoms with E-state index in [-0.39, 0.29) is 4.90 Å². The van der Waals surface area contributed by atoms with Crippen molar-refractivity contribution in [2.45, 2.75) is 32.6 Å². The number of sulfonamides is 1. The highest BCUT2D eigenvalue weighted by Gasteiger charge is 2.28. The van der Waals surface area contributed by atoms with Crippen LogP contribution in [0.15, 0.2) is 38.2 Å². The van der Waals surface area contributed by atoms with Gasteiger partial charge in [-0.15, -0.1) is 11.3 Å². The Kier molecular flexibility index (Phi) is 4.78. The largest absolute Gasteiger partial charge is 0.356 e. The summed E-state index contributed by atoms with van der Waals surface area (Å²) < 4.78 is 34.9. The van der Waals surface area contributed by atoms with Crippen molar-refractivity contribution in [1.29, 1.82) is 0 Å². The van der Waals surface area contributed by atoms with Gasteiger partial charge in [0.1, 0.15) is 4.90 Å². The molecule has 0 unspecified atom stereocenters. The van der Waals surface area contributed by atoms with Crippen LogP contribution in [0.5, 0.6) is 0 Å². The van der Waals surface area contributed by atoms with Crippen LogP contribution < -0.4 is 4.72 Å². The number of thiophene rings is 1. The summed E-state index contributed by atoms with van der Waals surface area (Å²) in [5.74, 6) is 0.461.